The Morgan fingerprint density at radius 3 is 2.22 bits per heavy atom. The second-order valence-corrected chi connectivity index (χ2v) is 4.41. The molecule has 1 aromatic carbocycles. The first-order valence-electron chi connectivity index (χ1n) is 6.02. The number of nitrogens with two attached hydrogens (primary N) is 1. The van der Waals surface area contributed by atoms with Crippen LogP contribution in [-0.2, 0) is 13.2 Å². The van der Waals surface area contributed by atoms with Crippen molar-refractivity contribution in [2.24, 2.45) is 5.73 Å². The van der Waals surface area contributed by atoms with E-state index < -0.39 is 0 Å². The standard InChI is InChI=1S/C15H18N2O/c1-11-7-14(9-16)8-12(2)15(11)18-10-13-3-5-17-6-4-13/h3-8H,9-10,16H2,1-2H3. The molecule has 2 N–H and O–H groups in total. The second kappa shape index (κ2) is 5.65. The Bertz CT molecular complexity index is 500. The third kappa shape index (κ3) is 2.87. The van der Waals surface area contributed by atoms with Gasteiger partial charge in [-0.2, -0.15) is 0 Å². The zero-order valence-corrected chi connectivity index (χ0v) is 10.8. The van der Waals surface area contributed by atoms with E-state index in [4.69, 9.17) is 10.5 Å². The molecule has 2 rings (SSSR count). The van der Waals surface area contributed by atoms with Crippen molar-refractivity contribution in [3.05, 3.63) is 58.9 Å². The van der Waals surface area contributed by atoms with E-state index in [0.717, 1.165) is 28.0 Å². The Morgan fingerprint density at radius 1 is 1.06 bits per heavy atom. The summed E-state index contributed by atoms with van der Waals surface area (Å²) in [7, 11) is 0. The molecule has 0 unspecified atom stereocenters. The summed E-state index contributed by atoms with van der Waals surface area (Å²) in [6.45, 7) is 5.22. The molecule has 0 aliphatic carbocycles. The first kappa shape index (κ1) is 12.6. The summed E-state index contributed by atoms with van der Waals surface area (Å²) in [4.78, 5) is 3.99. The number of benzene rings is 1. The Kier molecular flexibility index (Phi) is 3.95. The van der Waals surface area contributed by atoms with Crippen molar-refractivity contribution in [3.8, 4) is 5.75 Å². The molecule has 0 atom stereocenters. The highest BCUT2D eigenvalue weighted by molar-refractivity contribution is 5.43. The number of aryl methyl sites for hydroxylation is 2. The van der Waals surface area contributed by atoms with Crippen LogP contribution >= 0.6 is 0 Å². The summed E-state index contributed by atoms with van der Waals surface area (Å²) in [6, 6.07) is 8.07. The number of rotatable bonds is 4. The highest BCUT2D eigenvalue weighted by atomic mass is 16.5. The van der Waals surface area contributed by atoms with Crippen molar-refractivity contribution in [2.75, 3.05) is 0 Å². The van der Waals surface area contributed by atoms with Gasteiger partial charge >= 0.3 is 0 Å². The van der Waals surface area contributed by atoms with Crippen LogP contribution in [0.5, 0.6) is 5.75 Å². The van der Waals surface area contributed by atoms with Crippen LogP contribution in [-0.4, -0.2) is 4.98 Å². The summed E-state index contributed by atoms with van der Waals surface area (Å²) >= 11 is 0. The topological polar surface area (TPSA) is 48.1 Å². The molecular weight excluding hydrogens is 224 g/mol. The van der Waals surface area contributed by atoms with Crippen LogP contribution in [0.1, 0.15) is 22.3 Å². The molecule has 0 radical (unpaired) electrons. The van der Waals surface area contributed by atoms with Gasteiger partial charge in [0, 0.05) is 18.9 Å². The molecule has 0 bridgehead atoms. The maximum Gasteiger partial charge on any atom is 0.125 e. The van der Waals surface area contributed by atoms with Gasteiger partial charge in [0.25, 0.3) is 0 Å². The fourth-order valence-electron chi connectivity index (χ4n) is 2.02. The molecular formula is C15H18N2O. The van der Waals surface area contributed by atoms with Gasteiger partial charge < -0.3 is 10.5 Å². The van der Waals surface area contributed by atoms with Gasteiger partial charge in [0.2, 0.25) is 0 Å². The smallest absolute Gasteiger partial charge is 0.125 e. The molecule has 3 heteroatoms. The Balaban J connectivity index is 2.15. The van der Waals surface area contributed by atoms with E-state index in [1.54, 1.807) is 12.4 Å². The van der Waals surface area contributed by atoms with Crippen molar-refractivity contribution in [1.29, 1.82) is 0 Å². The van der Waals surface area contributed by atoms with Gasteiger partial charge in [-0.05, 0) is 48.2 Å². The predicted molar refractivity (Wildman–Crippen MR) is 72.4 cm³/mol. The third-order valence-corrected chi connectivity index (χ3v) is 2.89. The molecule has 3 nitrogen and oxygen atoms in total. The Labute approximate surface area is 108 Å². The van der Waals surface area contributed by atoms with Gasteiger partial charge in [0.15, 0.2) is 0 Å². The molecule has 1 aromatic heterocycles. The molecule has 0 saturated carbocycles. The molecule has 94 valence electrons. The first-order chi connectivity index (χ1) is 8.70. The zero-order chi connectivity index (χ0) is 13.0. The number of ether oxygens (including phenoxy) is 1. The molecule has 2 aromatic rings. The minimum atomic E-state index is 0.562. The number of nitrogens with zero attached hydrogens (tertiary/aromatic N) is 1. The Morgan fingerprint density at radius 2 is 1.67 bits per heavy atom. The molecule has 0 aliphatic heterocycles. The number of hydrogen-bond donors (Lipinski definition) is 1. The van der Waals surface area contributed by atoms with Crippen LogP contribution < -0.4 is 10.5 Å². The van der Waals surface area contributed by atoms with Crippen LogP contribution in [0, 0.1) is 13.8 Å². The first-order valence-corrected chi connectivity index (χ1v) is 6.02. The molecule has 0 amide bonds. The van der Waals surface area contributed by atoms with Gasteiger partial charge in [-0.1, -0.05) is 12.1 Å². The number of hydrogen-bond acceptors (Lipinski definition) is 3. The van der Waals surface area contributed by atoms with Gasteiger partial charge in [0.05, 0.1) is 0 Å². The lowest BCUT2D eigenvalue weighted by atomic mass is 10.1. The highest BCUT2D eigenvalue weighted by Gasteiger charge is 2.06. The van der Waals surface area contributed by atoms with E-state index in [9.17, 15) is 0 Å². The van der Waals surface area contributed by atoms with Crippen molar-refractivity contribution in [2.45, 2.75) is 27.0 Å². The monoisotopic (exact) mass is 242 g/mol. The predicted octanol–water partition coefficient (Wildman–Crippen LogP) is 2.74. The average molecular weight is 242 g/mol. The quantitative estimate of drug-likeness (QED) is 0.896. The third-order valence-electron chi connectivity index (χ3n) is 2.89. The van der Waals surface area contributed by atoms with Crippen molar-refractivity contribution < 1.29 is 4.74 Å². The molecule has 0 saturated heterocycles. The van der Waals surface area contributed by atoms with Crippen molar-refractivity contribution in [3.63, 3.8) is 0 Å². The average Bonchev–Trinajstić information content (AvgIpc) is 2.38. The van der Waals surface area contributed by atoms with Crippen molar-refractivity contribution in [1.82, 2.24) is 4.98 Å². The maximum absolute atomic E-state index is 5.88. The van der Waals surface area contributed by atoms with Crippen molar-refractivity contribution >= 4 is 0 Å². The van der Waals surface area contributed by atoms with E-state index in [1.807, 2.05) is 26.0 Å². The van der Waals surface area contributed by atoms with Crippen LogP contribution in [0.4, 0.5) is 0 Å². The Hall–Kier alpha value is -1.87. The summed E-state index contributed by atoms with van der Waals surface area (Å²) in [5, 5.41) is 0. The molecule has 18 heavy (non-hydrogen) atoms. The molecule has 0 spiro atoms. The van der Waals surface area contributed by atoms with Crippen LogP contribution in [0.2, 0.25) is 0 Å². The van der Waals surface area contributed by atoms with E-state index in [-0.39, 0.29) is 0 Å². The number of pyridine rings is 1. The fourth-order valence-corrected chi connectivity index (χ4v) is 2.02. The largest absolute Gasteiger partial charge is 0.488 e. The van der Waals surface area contributed by atoms with E-state index >= 15 is 0 Å². The summed E-state index contributed by atoms with van der Waals surface area (Å²) in [5.74, 6) is 0.948. The molecule has 0 aliphatic rings. The summed E-state index contributed by atoms with van der Waals surface area (Å²) in [6.07, 6.45) is 3.55. The van der Waals surface area contributed by atoms with Gasteiger partial charge in [-0.25, -0.2) is 0 Å². The maximum atomic E-state index is 5.88. The summed E-state index contributed by atoms with van der Waals surface area (Å²) < 4.78 is 5.88. The van der Waals surface area contributed by atoms with E-state index in [0.29, 0.717) is 13.2 Å². The second-order valence-electron chi connectivity index (χ2n) is 4.41. The minimum Gasteiger partial charge on any atom is -0.488 e. The van der Waals surface area contributed by atoms with E-state index in [1.165, 1.54) is 0 Å². The van der Waals surface area contributed by atoms with Gasteiger partial charge in [-0.3, -0.25) is 4.98 Å². The van der Waals surface area contributed by atoms with Gasteiger partial charge in [-0.15, -0.1) is 0 Å². The van der Waals surface area contributed by atoms with Crippen LogP contribution in [0.3, 0.4) is 0 Å². The minimum absolute atomic E-state index is 0.562. The highest BCUT2D eigenvalue weighted by Crippen LogP contribution is 2.25. The lowest BCUT2D eigenvalue weighted by Crippen LogP contribution is -2.02. The fraction of sp³-hybridized carbons (Fsp3) is 0.267. The van der Waals surface area contributed by atoms with Crippen LogP contribution in [0.25, 0.3) is 0 Å². The lowest BCUT2D eigenvalue weighted by molar-refractivity contribution is 0.301. The van der Waals surface area contributed by atoms with E-state index in [2.05, 4.69) is 17.1 Å². The SMILES string of the molecule is Cc1cc(CN)cc(C)c1OCc1ccncc1. The molecule has 0 fully saturated rings. The number of aromatic nitrogens is 1. The van der Waals surface area contributed by atoms with Crippen LogP contribution in [0.15, 0.2) is 36.7 Å². The normalized spacial score (nSPS) is 10.4. The molecule has 1 heterocycles. The lowest BCUT2D eigenvalue weighted by Gasteiger charge is -2.13. The summed E-state index contributed by atoms with van der Waals surface area (Å²) in [5.41, 5.74) is 10.2. The zero-order valence-electron chi connectivity index (χ0n) is 10.8. The van der Waals surface area contributed by atoms with Gasteiger partial charge in [0.1, 0.15) is 12.4 Å².